The standard InChI is InChI=1S/C5H8O3.C4H6O3/c6-4-2-1-3-5(7)8;5-3-1-2-4(6)7/h4H,1-3H2,(H,7,8);3H,1-2H2,(H,6,7). The second kappa shape index (κ2) is 12.3. The van der Waals surface area contributed by atoms with Crippen molar-refractivity contribution in [2.75, 3.05) is 0 Å². The van der Waals surface area contributed by atoms with Crippen molar-refractivity contribution in [3.63, 3.8) is 0 Å². The summed E-state index contributed by atoms with van der Waals surface area (Å²) in [4.78, 5) is 38.4. The van der Waals surface area contributed by atoms with Crippen molar-refractivity contribution in [2.45, 2.75) is 32.1 Å². The number of hydrogen-bond donors (Lipinski definition) is 2. The normalized spacial score (nSPS) is 8.27. The molecule has 0 bridgehead atoms. The van der Waals surface area contributed by atoms with Crippen LogP contribution in [0.15, 0.2) is 0 Å². The lowest BCUT2D eigenvalue weighted by Gasteiger charge is -1.85. The Hall–Kier alpha value is -1.72. The molecule has 0 spiro atoms. The van der Waals surface area contributed by atoms with E-state index in [0.29, 0.717) is 19.1 Å². The van der Waals surface area contributed by atoms with Crippen LogP contribution in [0.4, 0.5) is 0 Å². The molecule has 6 nitrogen and oxygen atoms in total. The quantitative estimate of drug-likeness (QED) is 0.475. The number of carbonyl (C=O) groups excluding carboxylic acids is 2. The number of rotatable bonds is 7. The van der Waals surface area contributed by atoms with E-state index < -0.39 is 11.9 Å². The summed E-state index contributed by atoms with van der Waals surface area (Å²) in [7, 11) is 0. The van der Waals surface area contributed by atoms with Gasteiger partial charge in [0.2, 0.25) is 0 Å². The first-order chi connectivity index (χ1) is 7.04. The Morgan fingerprint density at radius 3 is 1.60 bits per heavy atom. The van der Waals surface area contributed by atoms with Crippen LogP contribution in [0.3, 0.4) is 0 Å². The van der Waals surface area contributed by atoms with Crippen LogP contribution in [-0.4, -0.2) is 34.7 Å². The van der Waals surface area contributed by atoms with Gasteiger partial charge in [0.15, 0.2) is 0 Å². The first-order valence-electron chi connectivity index (χ1n) is 4.35. The maximum atomic E-state index is 9.76. The Morgan fingerprint density at radius 1 is 0.867 bits per heavy atom. The molecule has 0 aromatic heterocycles. The second-order valence-corrected chi connectivity index (χ2v) is 2.55. The summed E-state index contributed by atoms with van der Waals surface area (Å²) in [6.07, 6.45) is 2.29. The topological polar surface area (TPSA) is 109 Å². The lowest BCUT2D eigenvalue weighted by atomic mass is 10.2. The van der Waals surface area contributed by atoms with E-state index in [-0.39, 0.29) is 19.3 Å². The van der Waals surface area contributed by atoms with Crippen LogP contribution in [0.25, 0.3) is 0 Å². The Bertz CT molecular complexity index is 211. The molecule has 0 aromatic carbocycles. The van der Waals surface area contributed by atoms with Crippen LogP contribution >= 0.6 is 0 Å². The van der Waals surface area contributed by atoms with Gasteiger partial charge in [-0.05, 0) is 6.42 Å². The maximum absolute atomic E-state index is 9.76. The summed E-state index contributed by atoms with van der Waals surface area (Å²) in [5.74, 6) is -1.76. The average Bonchev–Trinajstić information content (AvgIpc) is 2.15. The summed E-state index contributed by atoms with van der Waals surface area (Å²) in [5, 5.41) is 15.9. The molecule has 0 aromatic rings. The second-order valence-electron chi connectivity index (χ2n) is 2.55. The SMILES string of the molecule is O=CCCC(=O)O.O=CCCCC(=O)O. The molecule has 0 fully saturated rings. The Labute approximate surface area is 86.9 Å². The molecule has 0 aliphatic heterocycles. The third-order valence-corrected chi connectivity index (χ3v) is 1.19. The predicted octanol–water partition coefficient (Wildman–Crippen LogP) is 0.490. The lowest BCUT2D eigenvalue weighted by molar-refractivity contribution is -0.138. The number of aldehydes is 2. The molecule has 6 heteroatoms. The number of unbranched alkanes of at least 4 members (excludes halogenated alkanes) is 1. The fourth-order valence-electron chi connectivity index (χ4n) is 0.519. The lowest BCUT2D eigenvalue weighted by Crippen LogP contribution is -1.93. The third-order valence-electron chi connectivity index (χ3n) is 1.19. The summed E-state index contributed by atoms with van der Waals surface area (Å²) in [6.45, 7) is 0. The summed E-state index contributed by atoms with van der Waals surface area (Å²) in [6, 6.07) is 0. The first-order valence-corrected chi connectivity index (χ1v) is 4.35. The molecule has 0 atom stereocenters. The highest BCUT2D eigenvalue weighted by molar-refractivity contribution is 5.70. The van der Waals surface area contributed by atoms with E-state index in [4.69, 9.17) is 10.2 Å². The summed E-state index contributed by atoms with van der Waals surface area (Å²) >= 11 is 0. The van der Waals surface area contributed by atoms with Crippen LogP contribution in [0, 0.1) is 0 Å². The molecule has 0 amide bonds. The van der Waals surface area contributed by atoms with Crippen molar-refractivity contribution in [1.82, 2.24) is 0 Å². The zero-order valence-electron chi connectivity index (χ0n) is 8.22. The van der Waals surface area contributed by atoms with Gasteiger partial charge in [0, 0.05) is 19.3 Å². The Morgan fingerprint density at radius 2 is 1.33 bits per heavy atom. The van der Waals surface area contributed by atoms with Crippen LogP contribution in [0.5, 0.6) is 0 Å². The Kier molecular flexibility index (Phi) is 12.9. The van der Waals surface area contributed by atoms with Crippen molar-refractivity contribution < 1.29 is 29.4 Å². The van der Waals surface area contributed by atoms with E-state index in [1.807, 2.05) is 0 Å². The third kappa shape index (κ3) is 24.5. The number of aliphatic carboxylic acids is 2. The molecule has 86 valence electrons. The van der Waals surface area contributed by atoms with Crippen LogP contribution in [0.2, 0.25) is 0 Å². The summed E-state index contributed by atoms with van der Waals surface area (Å²) < 4.78 is 0. The van der Waals surface area contributed by atoms with Gasteiger partial charge >= 0.3 is 11.9 Å². The molecule has 0 aliphatic carbocycles. The first kappa shape index (κ1) is 15.7. The molecular formula is C9H14O6. The minimum atomic E-state index is -0.924. The van der Waals surface area contributed by atoms with Gasteiger partial charge in [0.25, 0.3) is 0 Å². The van der Waals surface area contributed by atoms with Gasteiger partial charge in [0.1, 0.15) is 12.6 Å². The number of carboxylic acid groups (broad SMARTS) is 2. The highest BCUT2D eigenvalue weighted by Gasteiger charge is 1.93. The highest BCUT2D eigenvalue weighted by atomic mass is 16.4. The van der Waals surface area contributed by atoms with E-state index >= 15 is 0 Å². The minimum Gasteiger partial charge on any atom is -0.481 e. The number of carboxylic acids is 2. The molecule has 15 heavy (non-hydrogen) atoms. The zero-order valence-corrected chi connectivity index (χ0v) is 8.22. The molecule has 0 rings (SSSR count). The smallest absolute Gasteiger partial charge is 0.303 e. The zero-order chi connectivity index (χ0) is 12.1. The van der Waals surface area contributed by atoms with Crippen molar-refractivity contribution in [3.8, 4) is 0 Å². The fourth-order valence-corrected chi connectivity index (χ4v) is 0.519. The molecule has 0 aliphatic rings. The van der Waals surface area contributed by atoms with Crippen LogP contribution in [0.1, 0.15) is 32.1 Å². The van der Waals surface area contributed by atoms with Crippen molar-refractivity contribution >= 4 is 24.5 Å². The average molecular weight is 218 g/mol. The van der Waals surface area contributed by atoms with E-state index in [1.165, 1.54) is 0 Å². The van der Waals surface area contributed by atoms with Gasteiger partial charge in [-0.15, -0.1) is 0 Å². The Balaban J connectivity index is 0. The van der Waals surface area contributed by atoms with Crippen molar-refractivity contribution in [3.05, 3.63) is 0 Å². The van der Waals surface area contributed by atoms with Gasteiger partial charge in [-0.1, -0.05) is 0 Å². The fraction of sp³-hybridized carbons (Fsp3) is 0.556. The van der Waals surface area contributed by atoms with Crippen molar-refractivity contribution in [2.24, 2.45) is 0 Å². The maximum Gasteiger partial charge on any atom is 0.303 e. The molecule has 0 heterocycles. The molecule has 2 N–H and O–H groups in total. The predicted molar refractivity (Wildman–Crippen MR) is 50.5 cm³/mol. The number of hydrogen-bond acceptors (Lipinski definition) is 4. The van der Waals surface area contributed by atoms with E-state index in [0.717, 1.165) is 6.29 Å². The van der Waals surface area contributed by atoms with E-state index in [2.05, 4.69) is 0 Å². The van der Waals surface area contributed by atoms with Gasteiger partial charge < -0.3 is 19.8 Å². The molecule has 0 saturated heterocycles. The monoisotopic (exact) mass is 218 g/mol. The van der Waals surface area contributed by atoms with Gasteiger partial charge in [-0.25, -0.2) is 0 Å². The van der Waals surface area contributed by atoms with Gasteiger partial charge in [-0.2, -0.15) is 0 Å². The number of carbonyl (C=O) groups is 4. The highest BCUT2D eigenvalue weighted by Crippen LogP contribution is 1.90. The van der Waals surface area contributed by atoms with Crippen LogP contribution in [-0.2, 0) is 19.2 Å². The van der Waals surface area contributed by atoms with Crippen LogP contribution < -0.4 is 0 Å². The largest absolute Gasteiger partial charge is 0.481 e. The molecular weight excluding hydrogens is 204 g/mol. The molecule has 0 radical (unpaired) electrons. The summed E-state index contributed by atoms with van der Waals surface area (Å²) in [5.41, 5.74) is 0. The molecule has 0 saturated carbocycles. The van der Waals surface area contributed by atoms with Crippen molar-refractivity contribution in [1.29, 1.82) is 0 Å². The van der Waals surface area contributed by atoms with Gasteiger partial charge in [-0.3, -0.25) is 9.59 Å². The van der Waals surface area contributed by atoms with E-state index in [9.17, 15) is 19.2 Å². The van der Waals surface area contributed by atoms with Gasteiger partial charge in [0.05, 0.1) is 6.42 Å². The minimum absolute atomic E-state index is 0.0521. The van der Waals surface area contributed by atoms with E-state index in [1.54, 1.807) is 0 Å². The molecule has 0 unspecified atom stereocenters.